The molecule has 0 aliphatic carbocycles. The number of anilines is 1. The Bertz CT molecular complexity index is 1330. The summed E-state index contributed by atoms with van der Waals surface area (Å²) in [5, 5.41) is 7.41. The SMILES string of the molecule is CCOC(=O)c1ccc(N2C(=O)c3[nH]nc(-c4ccc(OC)cc4)c3[C@@H]2c2ccccn2)cc1. The van der Waals surface area contributed by atoms with Gasteiger partial charge in [-0.15, -0.1) is 0 Å². The Morgan fingerprint density at radius 3 is 2.47 bits per heavy atom. The van der Waals surface area contributed by atoms with E-state index in [0.717, 1.165) is 16.9 Å². The fourth-order valence-electron chi connectivity index (χ4n) is 4.17. The van der Waals surface area contributed by atoms with Crippen molar-refractivity contribution >= 4 is 17.6 Å². The van der Waals surface area contributed by atoms with Crippen molar-refractivity contribution in [2.75, 3.05) is 18.6 Å². The molecule has 0 spiro atoms. The molecule has 0 saturated heterocycles. The number of nitrogens with zero attached hydrogens (tertiary/aromatic N) is 3. The van der Waals surface area contributed by atoms with Crippen LogP contribution >= 0.6 is 0 Å². The molecule has 8 heteroatoms. The second-order valence-electron chi connectivity index (χ2n) is 7.69. The number of aromatic nitrogens is 3. The quantitative estimate of drug-likeness (QED) is 0.434. The van der Waals surface area contributed by atoms with Crippen LogP contribution in [0, 0.1) is 0 Å². The third kappa shape index (κ3) is 3.59. The summed E-state index contributed by atoms with van der Waals surface area (Å²) in [6.45, 7) is 2.05. The van der Waals surface area contributed by atoms with Crippen LogP contribution in [0.4, 0.5) is 5.69 Å². The monoisotopic (exact) mass is 454 g/mol. The number of H-pyrrole nitrogens is 1. The number of esters is 1. The lowest BCUT2D eigenvalue weighted by Crippen LogP contribution is -2.29. The average molecular weight is 454 g/mol. The second-order valence-corrected chi connectivity index (χ2v) is 7.69. The predicted octanol–water partition coefficient (Wildman–Crippen LogP) is 4.41. The van der Waals surface area contributed by atoms with Gasteiger partial charge in [0.1, 0.15) is 17.5 Å². The number of pyridine rings is 1. The molecule has 0 bridgehead atoms. The third-order valence-corrected chi connectivity index (χ3v) is 5.76. The molecule has 8 nitrogen and oxygen atoms in total. The Morgan fingerprint density at radius 1 is 1.06 bits per heavy atom. The fourth-order valence-corrected chi connectivity index (χ4v) is 4.17. The highest BCUT2D eigenvalue weighted by atomic mass is 16.5. The van der Waals surface area contributed by atoms with Crippen LogP contribution in [0.2, 0.25) is 0 Å². The number of rotatable bonds is 6. The van der Waals surface area contributed by atoms with Gasteiger partial charge in [-0.2, -0.15) is 5.10 Å². The molecule has 1 N–H and O–H groups in total. The molecule has 1 aliphatic heterocycles. The maximum atomic E-state index is 13.6. The van der Waals surface area contributed by atoms with Crippen molar-refractivity contribution in [2.24, 2.45) is 0 Å². The Hall–Kier alpha value is -4.46. The van der Waals surface area contributed by atoms with Crippen molar-refractivity contribution in [2.45, 2.75) is 13.0 Å². The molecule has 0 fully saturated rings. The highest BCUT2D eigenvalue weighted by Crippen LogP contribution is 2.44. The van der Waals surface area contributed by atoms with Gasteiger partial charge in [-0.25, -0.2) is 4.79 Å². The number of carbonyl (C=O) groups excluding carboxylic acids is 2. The van der Waals surface area contributed by atoms with Gasteiger partial charge in [0.25, 0.3) is 5.91 Å². The van der Waals surface area contributed by atoms with Gasteiger partial charge in [0.2, 0.25) is 0 Å². The molecular weight excluding hydrogens is 432 g/mol. The Morgan fingerprint density at radius 2 is 1.82 bits per heavy atom. The first kappa shape index (κ1) is 21.4. The van der Waals surface area contributed by atoms with Crippen molar-refractivity contribution in [3.05, 3.63) is 95.4 Å². The maximum absolute atomic E-state index is 13.6. The van der Waals surface area contributed by atoms with Gasteiger partial charge in [-0.3, -0.25) is 19.8 Å². The van der Waals surface area contributed by atoms with Crippen LogP contribution in [-0.4, -0.2) is 40.8 Å². The zero-order chi connectivity index (χ0) is 23.7. The lowest BCUT2D eigenvalue weighted by Gasteiger charge is -2.25. The number of hydrogen-bond donors (Lipinski definition) is 1. The van der Waals surface area contributed by atoms with E-state index in [2.05, 4.69) is 15.2 Å². The topological polar surface area (TPSA) is 97.4 Å². The van der Waals surface area contributed by atoms with E-state index in [1.807, 2.05) is 42.5 Å². The molecule has 0 unspecified atom stereocenters. The summed E-state index contributed by atoms with van der Waals surface area (Å²) in [4.78, 5) is 31.9. The number of methoxy groups -OCH3 is 1. The van der Waals surface area contributed by atoms with Gasteiger partial charge in [0.15, 0.2) is 0 Å². The van der Waals surface area contributed by atoms with Crippen LogP contribution in [-0.2, 0) is 4.74 Å². The van der Waals surface area contributed by atoms with Gasteiger partial charge in [0.05, 0.1) is 30.7 Å². The lowest BCUT2D eigenvalue weighted by atomic mass is 9.99. The molecule has 0 radical (unpaired) electrons. The lowest BCUT2D eigenvalue weighted by molar-refractivity contribution is 0.0526. The van der Waals surface area contributed by atoms with Crippen LogP contribution in [0.25, 0.3) is 11.3 Å². The molecule has 2 aromatic carbocycles. The Kier molecular flexibility index (Phi) is 5.55. The number of amides is 1. The summed E-state index contributed by atoms with van der Waals surface area (Å²) in [5.74, 6) is 0.109. The molecule has 3 heterocycles. The van der Waals surface area contributed by atoms with Crippen LogP contribution in [0.15, 0.2) is 72.9 Å². The summed E-state index contributed by atoms with van der Waals surface area (Å²) in [6.07, 6.45) is 1.70. The van der Waals surface area contributed by atoms with Gasteiger partial charge in [0, 0.05) is 23.0 Å². The normalized spacial score (nSPS) is 14.7. The van der Waals surface area contributed by atoms with Crippen molar-refractivity contribution in [1.82, 2.24) is 15.2 Å². The number of benzene rings is 2. The van der Waals surface area contributed by atoms with Gasteiger partial charge in [-0.05, 0) is 67.6 Å². The van der Waals surface area contributed by atoms with Gasteiger partial charge in [-0.1, -0.05) is 6.07 Å². The molecule has 1 aliphatic rings. The molecular formula is C26H22N4O4. The number of fused-ring (bicyclic) bond motifs is 1. The van der Waals surface area contributed by atoms with E-state index in [4.69, 9.17) is 9.47 Å². The van der Waals surface area contributed by atoms with E-state index in [0.29, 0.717) is 34.9 Å². The highest BCUT2D eigenvalue weighted by Gasteiger charge is 2.43. The summed E-state index contributed by atoms with van der Waals surface area (Å²) in [5.41, 5.74) is 4.46. The first-order valence-electron chi connectivity index (χ1n) is 10.9. The molecule has 170 valence electrons. The van der Waals surface area contributed by atoms with Crippen LogP contribution < -0.4 is 9.64 Å². The molecule has 4 aromatic rings. The summed E-state index contributed by atoms with van der Waals surface area (Å²) in [7, 11) is 1.61. The first-order valence-corrected chi connectivity index (χ1v) is 10.9. The van der Waals surface area contributed by atoms with Crippen molar-refractivity contribution in [3.63, 3.8) is 0 Å². The first-order chi connectivity index (χ1) is 16.6. The van der Waals surface area contributed by atoms with Crippen LogP contribution in [0.5, 0.6) is 5.75 Å². The number of ether oxygens (including phenoxy) is 2. The number of hydrogen-bond acceptors (Lipinski definition) is 6. The minimum absolute atomic E-state index is 0.221. The average Bonchev–Trinajstić information content (AvgIpc) is 3.44. The number of aromatic amines is 1. The molecule has 5 rings (SSSR count). The zero-order valence-electron chi connectivity index (χ0n) is 18.7. The van der Waals surface area contributed by atoms with Crippen LogP contribution in [0.1, 0.15) is 45.1 Å². The largest absolute Gasteiger partial charge is 0.497 e. The maximum Gasteiger partial charge on any atom is 0.338 e. The van der Waals surface area contributed by atoms with E-state index in [1.165, 1.54) is 0 Å². The number of nitrogens with one attached hydrogen (secondary N) is 1. The predicted molar refractivity (Wildman–Crippen MR) is 126 cm³/mol. The summed E-state index contributed by atoms with van der Waals surface area (Å²) >= 11 is 0. The molecule has 0 saturated carbocycles. The van der Waals surface area contributed by atoms with Crippen molar-refractivity contribution in [3.8, 4) is 17.0 Å². The van der Waals surface area contributed by atoms with E-state index < -0.39 is 12.0 Å². The van der Waals surface area contributed by atoms with E-state index >= 15 is 0 Å². The molecule has 1 atom stereocenters. The van der Waals surface area contributed by atoms with E-state index in [9.17, 15) is 9.59 Å². The second kappa shape index (κ2) is 8.82. The zero-order valence-corrected chi connectivity index (χ0v) is 18.7. The minimum Gasteiger partial charge on any atom is -0.497 e. The number of carbonyl (C=O) groups is 2. The highest BCUT2D eigenvalue weighted by molar-refractivity contribution is 6.11. The molecule has 34 heavy (non-hydrogen) atoms. The van der Waals surface area contributed by atoms with E-state index in [1.54, 1.807) is 49.4 Å². The third-order valence-electron chi connectivity index (χ3n) is 5.76. The summed E-state index contributed by atoms with van der Waals surface area (Å²) < 4.78 is 10.3. The molecule has 1 amide bonds. The fraction of sp³-hybridized carbons (Fsp3) is 0.154. The molecule has 2 aromatic heterocycles. The van der Waals surface area contributed by atoms with Crippen molar-refractivity contribution < 1.29 is 19.1 Å². The van der Waals surface area contributed by atoms with Crippen LogP contribution in [0.3, 0.4) is 0 Å². The van der Waals surface area contributed by atoms with E-state index in [-0.39, 0.29) is 5.91 Å². The van der Waals surface area contributed by atoms with Gasteiger partial charge < -0.3 is 9.47 Å². The van der Waals surface area contributed by atoms with Crippen molar-refractivity contribution in [1.29, 1.82) is 0 Å². The Labute approximate surface area is 196 Å². The minimum atomic E-state index is -0.493. The Balaban J connectivity index is 1.61. The van der Waals surface area contributed by atoms with Gasteiger partial charge >= 0.3 is 5.97 Å². The smallest absolute Gasteiger partial charge is 0.338 e. The standard InChI is InChI=1S/C26H22N4O4/c1-3-34-26(32)17-7-11-18(12-8-17)30-24(20-6-4-5-15-27-20)21-22(28-29-23(21)25(30)31)16-9-13-19(33-2)14-10-16/h4-15,24H,3H2,1-2H3,(H,28,29)/t24-/m0/s1. The summed E-state index contributed by atoms with van der Waals surface area (Å²) in [6, 6.07) is 19.4.